The number of hydrogen-bond acceptors (Lipinski definition) is 8. The minimum absolute atomic E-state index is 0.272. The van der Waals surface area contributed by atoms with Gasteiger partial charge in [-0.15, -0.1) is 4.49 Å². The number of ether oxygens (including phenoxy) is 1. The van der Waals surface area contributed by atoms with Gasteiger partial charge in [0.25, 0.3) is 10.0 Å². The van der Waals surface area contributed by atoms with E-state index in [9.17, 15) is 13.0 Å². The van der Waals surface area contributed by atoms with E-state index in [2.05, 4.69) is 19.9 Å². The molecule has 14 heteroatoms. The molecule has 0 aliphatic rings. The first kappa shape index (κ1) is 20.3. The van der Waals surface area contributed by atoms with Gasteiger partial charge < -0.3 is 19.1 Å². The highest BCUT2D eigenvalue weighted by molar-refractivity contribution is 7.94. The van der Waals surface area contributed by atoms with Gasteiger partial charge in [0.1, 0.15) is 10.4 Å². The Morgan fingerprint density at radius 1 is 1.13 bits per heavy atom. The van der Waals surface area contributed by atoms with Crippen LogP contribution in [0.3, 0.4) is 0 Å². The summed E-state index contributed by atoms with van der Waals surface area (Å²) in [6.45, 7) is 0.272. The molecule has 30 heavy (non-hydrogen) atoms. The van der Waals surface area contributed by atoms with Crippen molar-refractivity contribution in [2.24, 2.45) is 0 Å². The Labute approximate surface area is 169 Å². The van der Waals surface area contributed by atoms with Gasteiger partial charge in [-0.3, -0.25) is 4.98 Å². The molecule has 0 unspecified atom stereocenters. The molecule has 156 valence electrons. The summed E-state index contributed by atoms with van der Waals surface area (Å²) in [6, 6.07) is 6.20. The largest absolute Gasteiger partial charge is 0.481 e. The van der Waals surface area contributed by atoms with Gasteiger partial charge >= 0.3 is 7.75 Å². The van der Waals surface area contributed by atoms with Crippen LogP contribution in [0.25, 0.3) is 22.1 Å². The molecular weight excluding hydrogens is 435 g/mol. The molecule has 0 aliphatic heterocycles. The van der Waals surface area contributed by atoms with Gasteiger partial charge in [-0.2, -0.15) is 4.98 Å². The van der Waals surface area contributed by atoms with Gasteiger partial charge in [0.05, 0.1) is 37.4 Å². The summed E-state index contributed by atoms with van der Waals surface area (Å²) in [5.41, 5.74) is 2.42. The van der Waals surface area contributed by atoms with Gasteiger partial charge in [-0.25, -0.2) is 23.0 Å². The van der Waals surface area contributed by atoms with E-state index >= 15 is 0 Å². The number of imidazole rings is 1. The monoisotopic (exact) mass is 450 g/mol. The summed E-state index contributed by atoms with van der Waals surface area (Å²) in [5.74, 6) is 0.433. The van der Waals surface area contributed by atoms with Crippen molar-refractivity contribution >= 4 is 39.8 Å². The third-order valence-electron chi connectivity index (χ3n) is 4.17. The smallest absolute Gasteiger partial charge is 0.414 e. The summed E-state index contributed by atoms with van der Waals surface area (Å²) >= 11 is 0. The van der Waals surface area contributed by atoms with E-state index in [1.165, 1.54) is 23.7 Å². The minimum Gasteiger partial charge on any atom is -0.481 e. The SMILES string of the molecule is COc1ccc2c(ncc3ncn(Cc4ccc(S(=O)(=O)NP(=O)(O)O)cn4)c32)n1. The minimum atomic E-state index is -4.97. The van der Waals surface area contributed by atoms with Gasteiger partial charge in [0, 0.05) is 17.6 Å². The van der Waals surface area contributed by atoms with Gasteiger partial charge in [0.2, 0.25) is 5.88 Å². The molecule has 4 aromatic rings. The van der Waals surface area contributed by atoms with Crippen LogP contribution in [0.2, 0.25) is 0 Å². The lowest BCUT2D eigenvalue weighted by molar-refractivity contribution is 0.368. The lowest BCUT2D eigenvalue weighted by atomic mass is 10.2. The summed E-state index contributed by atoms with van der Waals surface area (Å²) < 4.78 is 43.1. The van der Waals surface area contributed by atoms with Crippen LogP contribution in [-0.4, -0.2) is 49.8 Å². The van der Waals surface area contributed by atoms with E-state index in [1.54, 1.807) is 18.6 Å². The van der Waals surface area contributed by atoms with Crippen LogP contribution in [0.5, 0.6) is 5.88 Å². The Morgan fingerprint density at radius 2 is 1.93 bits per heavy atom. The van der Waals surface area contributed by atoms with Crippen molar-refractivity contribution in [2.75, 3.05) is 7.11 Å². The maximum absolute atomic E-state index is 12.0. The van der Waals surface area contributed by atoms with Crippen LogP contribution >= 0.6 is 7.75 Å². The highest BCUT2D eigenvalue weighted by atomic mass is 32.2. The molecule has 0 radical (unpaired) electrons. The molecule has 0 spiro atoms. The van der Waals surface area contributed by atoms with Gasteiger partial charge in [0.15, 0.2) is 5.65 Å². The second-order valence-electron chi connectivity index (χ2n) is 6.21. The fourth-order valence-corrected chi connectivity index (χ4v) is 5.02. The lowest BCUT2D eigenvalue weighted by Crippen LogP contribution is -2.20. The zero-order valence-electron chi connectivity index (χ0n) is 15.4. The van der Waals surface area contributed by atoms with E-state index in [4.69, 9.17) is 14.5 Å². The predicted molar refractivity (Wildman–Crippen MR) is 105 cm³/mol. The summed E-state index contributed by atoms with van der Waals surface area (Å²) in [7, 11) is -7.84. The highest BCUT2D eigenvalue weighted by Gasteiger charge is 2.25. The van der Waals surface area contributed by atoms with Gasteiger partial charge in [-0.1, -0.05) is 0 Å². The van der Waals surface area contributed by atoms with E-state index < -0.39 is 17.8 Å². The zero-order chi connectivity index (χ0) is 21.5. The molecule has 0 bridgehead atoms. The number of fused-ring (bicyclic) bond motifs is 3. The van der Waals surface area contributed by atoms with E-state index in [0.717, 1.165) is 17.1 Å². The third-order valence-corrected chi connectivity index (χ3v) is 6.94. The van der Waals surface area contributed by atoms with Crippen LogP contribution in [0.1, 0.15) is 5.69 Å². The fraction of sp³-hybridized carbons (Fsp3) is 0.125. The molecule has 0 atom stereocenters. The number of nitrogens with one attached hydrogen (secondary N) is 1. The fourth-order valence-electron chi connectivity index (χ4n) is 2.90. The summed E-state index contributed by atoms with van der Waals surface area (Å²) in [5, 5.41) is 0.760. The van der Waals surface area contributed by atoms with Crippen LogP contribution in [0, 0.1) is 0 Å². The Morgan fingerprint density at radius 3 is 2.60 bits per heavy atom. The maximum atomic E-state index is 12.0. The molecule has 0 aliphatic carbocycles. The molecule has 0 saturated carbocycles. The lowest BCUT2D eigenvalue weighted by Gasteiger charge is -2.09. The number of pyridine rings is 3. The molecular formula is C16H15N6O6PS. The topological polar surface area (TPSA) is 169 Å². The van der Waals surface area contributed by atoms with Gasteiger partial charge in [-0.05, 0) is 18.2 Å². The first-order valence-electron chi connectivity index (χ1n) is 8.35. The van der Waals surface area contributed by atoms with Crippen molar-refractivity contribution in [3.63, 3.8) is 0 Å². The van der Waals surface area contributed by atoms with Crippen LogP contribution < -0.4 is 9.23 Å². The number of hydrogen-bond donors (Lipinski definition) is 3. The second-order valence-corrected chi connectivity index (χ2v) is 9.51. The Kier molecular flexibility index (Phi) is 5.00. The molecule has 12 nitrogen and oxygen atoms in total. The van der Waals surface area contributed by atoms with Crippen molar-refractivity contribution in [3.8, 4) is 5.88 Å². The molecule has 3 N–H and O–H groups in total. The molecule has 0 aromatic carbocycles. The Bertz CT molecular complexity index is 1400. The highest BCUT2D eigenvalue weighted by Crippen LogP contribution is 2.31. The molecule has 4 rings (SSSR count). The standard InChI is InChI=1S/C16H15N6O6PS/c1-28-14-5-4-12-15-13(7-18-16(12)20-14)19-9-22(15)8-10-2-3-11(6-17-10)30(26,27)21-29(23,24)25/h2-7,9H,8H2,1H3,(H3,21,23,24,25). The Balaban J connectivity index is 1.68. The molecule has 0 saturated heterocycles. The van der Waals surface area contributed by atoms with Crippen molar-refractivity contribution in [2.45, 2.75) is 11.4 Å². The maximum Gasteiger partial charge on any atom is 0.414 e. The third kappa shape index (κ3) is 4.01. The number of aromatic nitrogens is 5. The Hall–Kier alpha value is -2.96. The summed E-state index contributed by atoms with van der Waals surface area (Å²) in [4.78, 5) is 34.3. The average molecular weight is 450 g/mol. The van der Waals surface area contributed by atoms with Crippen molar-refractivity contribution in [3.05, 3.63) is 48.7 Å². The predicted octanol–water partition coefficient (Wildman–Crippen LogP) is 0.802. The number of methoxy groups -OCH3 is 1. The number of rotatable bonds is 6. The molecule has 4 heterocycles. The quantitative estimate of drug-likeness (QED) is 0.357. The normalized spacial score (nSPS) is 12.5. The van der Waals surface area contributed by atoms with E-state index in [1.807, 2.05) is 10.6 Å². The number of sulfonamides is 1. The van der Waals surface area contributed by atoms with Crippen molar-refractivity contribution in [1.82, 2.24) is 29.0 Å². The van der Waals surface area contributed by atoms with Crippen LogP contribution in [0.4, 0.5) is 0 Å². The first-order valence-corrected chi connectivity index (χ1v) is 11.4. The zero-order valence-corrected chi connectivity index (χ0v) is 17.1. The van der Waals surface area contributed by atoms with E-state index in [0.29, 0.717) is 22.7 Å². The molecule has 0 amide bonds. The van der Waals surface area contributed by atoms with Crippen LogP contribution in [0.15, 0.2) is 47.9 Å². The van der Waals surface area contributed by atoms with Crippen LogP contribution in [-0.2, 0) is 21.1 Å². The summed E-state index contributed by atoms with van der Waals surface area (Å²) in [6.07, 6.45) is 4.23. The van der Waals surface area contributed by atoms with E-state index in [-0.39, 0.29) is 11.4 Å². The average Bonchev–Trinajstić information content (AvgIpc) is 3.09. The number of nitrogens with zero attached hydrogens (tertiary/aromatic N) is 5. The second kappa shape index (κ2) is 7.38. The van der Waals surface area contributed by atoms with Crippen molar-refractivity contribution < 1.29 is 27.5 Å². The first-order chi connectivity index (χ1) is 14.2. The van der Waals surface area contributed by atoms with Crippen molar-refractivity contribution in [1.29, 1.82) is 0 Å². The molecule has 0 fully saturated rings. The molecule has 4 aromatic heterocycles.